The van der Waals surface area contributed by atoms with Crippen molar-refractivity contribution in [3.63, 3.8) is 0 Å². The predicted octanol–water partition coefficient (Wildman–Crippen LogP) is 3.21. The van der Waals surface area contributed by atoms with Crippen LogP contribution in [0.5, 0.6) is 0 Å². The zero-order valence-corrected chi connectivity index (χ0v) is 10.0. The van der Waals surface area contributed by atoms with E-state index in [1.165, 1.54) is 12.8 Å². The van der Waals surface area contributed by atoms with E-state index in [9.17, 15) is 0 Å². The van der Waals surface area contributed by atoms with Gasteiger partial charge in [0.05, 0.1) is 13.2 Å². The van der Waals surface area contributed by atoms with Crippen LogP contribution in [-0.4, -0.2) is 19.5 Å². The Labute approximate surface area is 88.0 Å². The van der Waals surface area contributed by atoms with Crippen LogP contribution in [0.1, 0.15) is 47.0 Å². The first kappa shape index (κ1) is 12.0. The molecule has 0 atom stereocenters. The molecular formula is C12H24O2. The Morgan fingerprint density at radius 1 is 1.21 bits per heavy atom. The molecule has 1 fully saturated rings. The topological polar surface area (TPSA) is 18.5 Å². The van der Waals surface area contributed by atoms with Crippen LogP contribution in [0.4, 0.5) is 0 Å². The fourth-order valence-electron chi connectivity index (χ4n) is 1.59. The van der Waals surface area contributed by atoms with E-state index in [1.807, 2.05) is 0 Å². The van der Waals surface area contributed by atoms with E-state index in [0.717, 1.165) is 25.6 Å². The second kappa shape index (κ2) is 5.13. The molecule has 0 aromatic heterocycles. The molecular weight excluding hydrogens is 176 g/mol. The Balaban J connectivity index is 2.10. The summed E-state index contributed by atoms with van der Waals surface area (Å²) >= 11 is 0. The van der Waals surface area contributed by atoms with Gasteiger partial charge in [0.25, 0.3) is 0 Å². The minimum Gasteiger partial charge on any atom is -0.352 e. The standard InChI is InChI=1S/C12H24O2/c1-10(2)6-5-7-11-13-8-12(3,4)9-14-11/h10-11H,5-9H2,1-4H3. The van der Waals surface area contributed by atoms with Gasteiger partial charge in [0.2, 0.25) is 0 Å². The van der Waals surface area contributed by atoms with Crippen LogP contribution in [0.3, 0.4) is 0 Å². The minimum absolute atomic E-state index is 0.0572. The molecule has 1 aliphatic rings. The summed E-state index contributed by atoms with van der Waals surface area (Å²) in [6.45, 7) is 10.5. The highest BCUT2D eigenvalue weighted by Crippen LogP contribution is 2.25. The maximum Gasteiger partial charge on any atom is 0.157 e. The van der Waals surface area contributed by atoms with Crippen molar-refractivity contribution in [3.05, 3.63) is 0 Å². The molecule has 14 heavy (non-hydrogen) atoms. The van der Waals surface area contributed by atoms with Crippen LogP contribution in [0.2, 0.25) is 0 Å². The second-order valence-corrected chi connectivity index (χ2v) is 5.54. The van der Waals surface area contributed by atoms with E-state index in [1.54, 1.807) is 0 Å². The molecule has 2 nitrogen and oxygen atoms in total. The maximum atomic E-state index is 5.65. The molecule has 1 heterocycles. The Hall–Kier alpha value is -0.0800. The van der Waals surface area contributed by atoms with Gasteiger partial charge in [-0.3, -0.25) is 0 Å². The fraction of sp³-hybridized carbons (Fsp3) is 1.00. The third-order valence-corrected chi connectivity index (χ3v) is 2.54. The first-order chi connectivity index (χ1) is 6.49. The lowest BCUT2D eigenvalue weighted by Gasteiger charge is -2.34. The van der Waals surface area contributed by atoms with E-state index in [2.05, 4.69) is 27.7 Å². The van der Waals surface area contributed by atoms with E-state index in [-0.39, 0.29) is 11.7 Å². The van der Waals surface area contributed by atoms with E-state index < -0.39 is 0 Å². The second-order valence-electron chi connectivity index (χ2n) is 5.54. The van der Waals surface area contributed by atoms with Crippen LogP contribution in [0.15, 0.2) is 0 Å². The fourth-order valence-corrected chi connectivity index (χ4v) is 1.59. The molecule has 0 saturated carbocycles. The van der Waals surface area contributed by atoms with Crippen molar-refractivity contribution in [3.8, 4) is 0 Å². The summed E-state index contributed by atoms with van der Waals surface area (Å²) in [5, 5.41) is 0. The predicted molar refractivity (Wildman–Crippen MR) is 58.2 cm³/mol. The van der Waals surface area contributed by atoms with Crippen molar-refractivity contribution in [1.82, 2.24) is 0 Å². The number of hydrogen-bond acceptors (Lipinski definition) is 2. The molecule has 0 bridgehead atoms. The number of rotatable bonds is 4. The molecule has 0 aliphatic carbocycles. The van der Waals surface area contributed by atoms with Crippen molar-refractivity contribution >= 4 is 0 Å². The van der Waals surface area contributed by atoms with Crippen molar-refractivity contribution < 1.29 is 9.47 Å². The van der Waals surface area contributed by atoms with Crippen LogP contribution in [-0.2, 0) is 9.47 Å². The van der Waals surface area contributed by atoms with Crippen LogP contribution >= 0.6 is 0 Å². The van der Waals surface area contributed by atoms with Gasteiger partial charge in [-0.1, -0.05) is 34.1 Å². The van der Waals surface area contributed by atoms with Gasteiger partial charge in [-0.25, -0.2) is 0 Å². The van der Waals surface area contributed by atoms with E-state index in [4.69, 9.17) is 9.47 Å². The molecule has 0 amide bonds. The summed E-state index contributed by atoms with van der Waals surface area (Å²) in [4.78, 5) is 0. The summed E-state index contributed by atoms with van der Waals surface area (Å²) < 4.78 is 11.3. The highest BCUT2D eigenvalue weighted by molar-refractivity contribution is 4.71. The zero-order valence-electron chi connectivity index (χ0n) is 10.0. The minimum atomic E-state index is 0.0572. The Morgan fingerprint density at radius 3 is 2.29 bits per heavy atom. The SMILES string of the molecule is CC(C)CCCC1OCC(C)(C)CO1. The van der Waals surface area contributed by atoms with Crippen molar-refractivity contribution in [2.75, 3.05) is 13.2 Å². The summed E-state index contributed by atoms with van der Waals surface area (Å²) in [5.41, 5.74) is 0.203. The molecule has 2 heteroatoms. The molecule has 0 spiro atoms. The third kappa shape index (κ3) is 4.43. The molecule has 0 N–H and O–H groups in total. The van der Waals surface area contributed by atoms with Gasteiger partial charge in [-0.2, -0.15) is 0 Å². The summed E-state index contributed by atoms with van der Waals surface area (Å²) in [7, 11) is 0. The van der Waals surface area contributed by atoms with Crippen LogP contribution in [0, 0.1) is 11.3 Å². The Bertz CT molecular complexity index is 154. The highest BCUT2D eigenvalue weighted by atomic mass is 16.7. The number of hydrogen-bond donors (Lipinski definition) is 0. The quantitative estimate of drug-likeness (QED) is 0.693. The molecule has 0 aromatic rings. The first-order valence-corrected chi connectivity index (χ1v) is 5.73. The van der Waals surface area contributed by atoms with Gasteiger partial charge in [-0.05, 0) is 18.8 Å². The molecule has 1 saturated heterocycles. The monoisotopic (exact) mass is 200 g/mol. The summed E-state index contributed by atoms with van der Waals surface area (Å²) in [6, 6.07) is 0. The Morgan fingerprint density at radius 2 is 1.79 bits per heavy atom. The van der Waals surface area contributed by atoms with Gasteiger partial charge in [0.1, 0.15) is 0 Å². The third-order valence-electron chi connectivity index (χ3n) is 2.54. The summed E-state index contributed by atoms with van der Waals surface area (Å²) in [5.74, 6) is 0.787. The smallest absolute Gasteiger partial charge is 0.157 e. The first-order valence-electron chi connectivity index (χ1n) is 5.73. The molecule has 1 aliphatic heterocycles. The molecule has 1 rings (SSSR count). The maximum absolute atomic E-state index is 5.65. The van der Waals surface area contributed by atoms with Gasteiger partial charge in [0.15, 0.2) is 6.29 Å². The van der Waals surface area contributed by atoms with E-state index in [0.29, 0.717) is 0 Å². The molecule has 0 unspecified atom stereocenters. The average molecular weight is 200 g/mol. The van der Waals surface area contributed by atoms with Crippen LogP contribution in [0.25, 0.3) is 0 Å². The zero-order chi connectivity index (χ0) is 10.6. The highest BCUT2D eigenvalue weighted by Gasteiger charge is 2.27. The van der Waals surface area contributed by atoms with Gasteiger partial charge >= 0.3 is 0 Å². The number of ether oxygens (including phenoxy) is 2. The van der Waals surface area contributed by atoms with Crippen molar-refractivity contribution in [2.45, 2.75) is 53.2 Å². The molecule has 0 aromatic carbocycles. The summed E-state index contributed by atoms with van der Waals surface area (Å²) in [6.07, 6.45) is 3.59. The lowest BCUT2D eigenvalue weighted by Crippen LogP contribution is -2.37. The van der Waals surface area contributed by atoms with Crippen molar-refractivity contribution in [1.29, 1.82) is 0 Å². The molecule has 0 radical (unpaired) electrons. The van der Waals surface area contributed by atoms with Crippen LogP contribution < -0.4 is 0 Å². The molecule has 84 valence electrons. The lowest BCUT2D eigenvalue weighted by atomic mass is 9.95. The Kier molecular flexibility index (Phi) is 4.39. The van der Waals surface area contributed by atoms with E-state index >= 15 is 0 Å². The lowest BCUT2D eigenvalue weighted by molar-refractivity contribution is -0.224. The average Bonchev–Trinajstić information content (AvgIpc) is 2.07. The normalized spacial score (nSPS) is 22.9. The van der Waals surface area contributed by atoms with Crippen molar-refractivity contribution in [2.24, 2.45) is 11.3 Å². The van der Waals surface area contributed by atoms with Gasteiger partial charge in [-0.15, -0.1) is 0 Å². The largest absolute Gasteiger partial charge is 0.352 e. The van der Waals surface area contributed by atoms with Gasteiger partial charge < -0.3 is 9.47 Å². The van der Waals surface area contributed by atoms with Gasteiger partial charge in [0, 0.05) is 5.41 Å².